The highest BCUT2D eigenvalue weighted by atomic mass is 16.5. The zero-order chi connectivity index (χ0) is 12.5. The SMILES string of the molecule is CCOc1cncc(C(=O)C2C3CCCCC32)c1. The molecule has 3 nitrogen and oxygen atoms in total. The van der Waals surface area contributed by atoms with E-state index in [0.717, 1.165) is 5.56 Å². The van der Waals surface area contributed by atoms with Crippen LogP contribution in [0.4, 0.5) is 0 Å². The standard InChI is InChI=1S/C15H19NO2/c1-2-18-11-7-10(8-16-9-11)15(17)14-12-5-3-4-6-13(12)14/h7-9,12-14H,2-6H2,1H3. The highest BCUT2D eigenvalue weighted by molar-refractivity contribution is 6.00. The van der Waals surface area contributed by atoms with Crippen molar-refractivity contribution < 1.29 is 9.53 Å². The molecule has 2 aliphatic rings. The summed E-state index contributed by atoms with van der Waals surface area (Å²) >= 11 is 0. The molecule has 0 aliphatic heterocycles. The number of Topliss-reactive ketones (excluding diaryl/α,β-unsaturated/α-hetero) is 1. The number of aromatic nitrogens is 1. The van der Waals surface area contributed by atoms with Crippen molar-refractivity contribution in [1.82, 2.24) is 4.98 Å². The van der Waals surface area contributed by atoms with Gasteiger partial charge in [0.2, 0.25) is 0 Å². The number of nitrogens with zero attached hydrogens (tertiary/aromatic N) is 1. The van der Waals surface area contributed by atoms with Crippen molar-refractivity contribution in [3.8, 4) is 5.75 Å². The summed E-state index contributed by atoms with van der Waals surface area (Å²) in [5.41, 5.74) is 0.723. The van der Waals surface area contributed by atoms with Crippen molar-refractivity contribution in [2.45, 2.75) is 32.6 Å². The molecule has 3 heteroatoms. The van der Waals surface area contributed by atoms with Gasteiger partial charge in [-0.1, -0.05) is 12.8 Å². The largest absolute Gasteiger partial charge is 0.492 e. The second-order valence-corrected chi connectivity index (χ2v) is 5.34. The highest BCUT2D eigenvalue weighted by Gasteiger charge is 2.54. The van der Waals surface area contributed by atoms with Crippen molar-refractivity contribution in [2.75, 3.05) is 6.61 Å². The van der Waals surface area contributed by atoms with E-state index in [-0.39, 0.29) is 11.7 Å². The molecule has 1 aromatic heterocycles. The van der Waals surface area contributed by atoms with Crippen LogP contribution in [0.3, 0.4) is 0 Å². The van der Waals surface area contributed by atoms with Crippen LogP contribution in [0.25, 0.3) is 0 Å². The Labute approximate surface area is 108 Å². The van der Waals surface area contributed by atoms with Gasteiger partial charge < -0.3 is 4.74 Å². The number of pyridine rings is 1. The molecule has 3 rings (SSSR count). The number of hydrogen-bond donors (Lipinski definition) is 0. The van der Waals surface area contributed by atoms with Gasteiger partial charge in [-0.3, -0.25) is 9.78 Å². The number of hydrogen-bond acceptors (Lipinski definition) is 3. The van der Waals surface area contributed by atoms with Gasteiger partial charge in [0.25, 0.3) is 0 Å². The smallest absolute Gasteiger partial charge is 0.168 e. The minimum atomic E-state index is 0.270. The molecule has 0 bridgehead atoms. The molecule has 2 unspecified atom stereocenters. The number of ketones is 1. The van der Waals surface area contributed by atoms with E-state index >= 15 is 0 Å². The molecule has 2 fully saturated rings. The zero-order valence-corrected chi connectivity index (χ0v) is 10.8. The third-order valence-electron chi connectivity index (χ3n) is 4.27. The Kier molecular flexibility index (Phi) is 3.06. The molecular weight excluding hydrogens is 226 g/mol. The van der Waals surface area contributed by atoms with Gasteiger partial charge in [-0.2, -0.15) is 0 Å². The third-order valence-corrected chi connectivity index (χ3v) is 4.27. The maximum atomic E-state index is 12.4. The average molecular weight is 245 g/mol. The van der Waals surface area contributed by atoms with E-state index in [1.165, 1.54) is 25.7 Å². The fourth-order valence-electron chi connectivity index (χ4n) is 3.37. The van der Waals surface area contributed by atoms with E-state index in [9.17, 15) is 4.79 Å². The Morgan fingerprint density at radius 1 is 1.33 bits per heavy atom. The lowest BCUT2D eigenvalue weighted by Gasteiger charge is -2.04. The summed E-state index contributed by atoms with van der Waals surface area (Å²) in [6.45, 7) is 2.54. The third kappa shape index (κ3) is 2.02. The molecule has 0 amide bonds. The molecule has 1 aromatic rings. The normalized spacial score (nSPS) is 29.5. The van der Waals surface area contributed by atoms with E-state index in [2.05, 4.69) is 4.98 Å². The lowest BCUT2D eigenvalue weighted by molar-refractivity contribution is 0.0955. The Morgan fingerprint density at radius 3 is 2.72 bits per heavy atom. The topological polar surface area (TPSA) is 39.2 Å². The summed E-state index contributed by atoms with van der Waals surface area (Å²) in [6.07, 6.45) is 8.40. The predicted molar refractivity (Wildman–Crippen MR) is 68.7 cm³/mol. The Bertz CT molecular complexity index is 446. The maximum absolute atomic E-state index is 12.4. The van der Waals surface area contributed by atoms with Crippen LogP contribution in [0.5, 0.6) is 5.75 Å². The molecule has 0 radical (unpaired) electrons. The van der Waals surface area contributed by atoms with E-state index in [4.69, 9.17) is 4.74 Å². The Balaban J connectivity index is 1.74. The summed E-state index contributed by atoms with van der Waals surface area (Å²) in [7, 11) is 0. The molecule has 0 aromatic carbocycles. The van der Waals surface area contributed by atoms with Gasteiger partial charge in [0.05, 0.1) is 12.8 Å². The number of ether oxygens (including phenoxy) is 1. The van der Waals surface area contributed by atoms with E-state index in [1.807, 2.05) is 13.0 Å². The number of carbonyl (C=O) groups excluding carboxylic acids is 1. The fraction of sp³-hybridized carbons (Fsp3) is 0.600. The summed E-state index contributed by atoms with van der Waals surface area (Å²) in [6, 6.07) is 1.84. The molecule has 2 aliphatic carbocycles. The Morgan fingerprint density at radius 2 is 2.06 bits per heavy atom. The molecule has 0 N–H and O–H groups in total. The first-order valence-electron chi connectivity index (χ1n) is 6.93. The van der Waals surface area contributed by atoms with Gasteiger partial charge in [-0.15, -0.1) is 0 Å². The first kappa shape index (κ1) is 11.7. The molecule has 96 valence electrons. The van der Waals surface area contributed by atoms with Gasteiger partial charge in [0.15, 0.2) is 5.78 Å². The lowest BCUT2D eigenvalue weighted by atomic mass is 10.0. The van der Waals surface area contributed by atoms with Crippen molar-refractivity contribution >= 4 is 5.78 Å². The molecule has 1 heterocycles. The van der Waals surface area contributed by atoms with Gasteiger partial charge in [0.1, 0.15) is 5.75 Å². The second-order valence-electron chi connectivity index (χ2n) is 5.34. The van der Waals surface area contributed by atoms with Crippen LogP contribution in [0, 0.1) is 17.8 Å². The molecule has 0 saturated heterocycles. The van der Waals surface area contributed by atoms with Gasteiger partial charge in [0, 0.05) is 17.7 Å². The van der Waals surface area contributed by atoms with Crippen LogP contribution in [-0.4, -0.2) is 17.4 Å². The summed E-state index contributed by atoms with van der Waals surface area (Å²) in [4.78, 5) is 16.5. The van der Waals surface area contributed by atoms with E-state index in [1.54, 1.807) is 12.4 Å². The van der Waals surface area contributed by atoms with E-state index < -0.39 is 0 Å². The molecular formula is C15H19NO2. The molecule has 2 atom stereocenters. The van der Waals surface area contributed by atoms with Crippen molar-refractivity contribution in [3.05, 3.63) is 24.0 Å². The van der Waals surface area contributed by atoms with Crippen molar-refractivity contribution in [1.29, 1.82) is 0 Å². The van der Waals surface area contributed by atoms with Gasteiger partial charge in [-0.05, 0) is 37.7 Å². The Hall–Kier alpha value is -1.38. The van der Waals surface area contributed by atoms with Crippen LogP contribution in [0.2, 0.25) is 0 Å². The van der Waals surface area contributed by atoms with Crippen LogP contribution in [-0.2, 0) is 0 Å². The van der Waals surface area contributed by atoms with Gasteiger partial charge in [-0.25, -0.2) is 0 Å². The number of carbonyl (C=O) groups is 1. The minimum absolute atomic E-state index is 0.270. The first-order chi connectivity index (χ1) is 8.81. The molecule has 18 heavy (non-hydrogen) atoms. The van der Waals surface area contributed by atoms with Crippen LogP contribution < -0.4 is 4.74 Å². The number of fused-ring (bicyclic) bond motifs is 1. The summed E-state index contributed by atoms with van der Waals surface area (Å²) in [5.74, 6) is 2.56. The van der Waals surface area contributed by atoms with Crippen molar-refractivity contribution in [3.63, 3.8) is 0 Å². The first-order valence-corrected chi connectivity index (χ1v) is 6.93. The summed E-state index contributed by atoms with van der Waals surface area (Å²) < 4.78 is 5.40. The minimum Gasteiger partial charge on any atom is -0.492 e. The maximum Gasteiger partial charge on any atom is 0.168 e. The van der Waals surface area contributed by atoms with Gasteiger partial charge >= 0.3 is 0 Å². The zero-order valence-electron chi connectivity index (χ0n) is 10.8. The average Bonchev–Trinajstić information content (AvgIpc) is 3.13. The second kappa shape index (κ2) is 4.71. The predicted octanol–water partition coefficient (Wildman–Crippen LogP) is 3.10. The highest BCUT2D eigenvalue weighted by Crippen LogP contribution is 2.56. The van der Waals surface area contributed by atoms with Crippen LogP contribution >= 0.6 is 0 Å². The fourth-order valence-corrected chi connectivity index (χ4v) is 3.37. The van der Waals surface area contributed by atoms with E-state index in [0.29, 0.717) is 24.2 Å². The summed E-state index contributed by atoms with van der Waals surface area (Å²) in [5, 5.41) is 0. The number of rotatable bonds is 4. The van der Waals surface area contributed by atoms with Crippen molar-refractivity contribution in [2.24, 2.45) is 17.8 Å². The van der Waals surface area contributed by atoms with Crippen LogP contribution in [0.15, 0.2) is 18.5 Å². The quantitative estimate of drug-likeness (QED) is 0.765. The van der Waals surface area contributed by atoms with Crippen LogP contribution in [0.1, 0.15) is 43.0 Å². The monoisotopic (exact) mass is 245 g/mol. The lowest BCUT2D eigenvalue weighted by Crippen LogP contribution is -2.05. The molecule has 0 spiro atoms. The molecule has 2 saturated carbocycles.